The summed E-state index contributed by atoms with van der Waals surface area (Å²) in [6.45, 7) is 2.31. The van der Waals surface area contributed by atoms with Crippen molar-refractivity contribution < 1.29 is 4.79 Å². The summed E-state index contributed by atoms with van der Waals surface area (Å²) in [6, 6.07) is 7.23. The second-order valence-corrected chi connectivity index (χ2v) is 4.43. The molecule has 0 bridgehead atoms. The van der Waals surface area contributed by atoms with Gasteiger partial charge in [0.05, 0.1) is 0 Å². The van der Waals surface area contributed by atoms with Gasteiger partial charge in [-0.15, -0.1) is 10.2 Å². The predicted octanol–water partition coefficient (Wildman–Crippen LogP) is 1.36. The third kappa shape index (κ3) is 2.35. The monoisotopic (exact) mass is 267 g/mol. The number of nitrogens with one attached hydrogen (secondary N) is 1. The number of pyridine rings is 2. The Labute approximate surface area is 115 Å². The van der Waals surface area contributed by atoms with Crippen molar-refractivity contribution in [3.8, 4) is 0 Å². The zero-order valence-corrected chi connectivity index (χ0v) is 10.9. The van der Waals surface area contributed by atoms with E-state index < -0.39 is 0 Å². The largest absolute Gasteiger partial charge is 0.348 e. The van der Waals surface area contributed by atoms with E-state index in [2.05, 4.69) is 20.5 Å². The van der Waals surface area contributed by atoms with Crippen LogP contribution in [0.2, 0.25) is 0 Å². The number of nitrogens with zero attached hydrogens (tertiary/aromatic N) is 4. The molecule has 0 fully saturated rings. The van der Waals surface area contributed by atoms with E-state index in [9.17, 15) is 4.79 Å². The van der Waals surface area contributed by atoms with Gasteiger partial charge < -0.3 is 5.32 Å². The van der Waals surface area contributed by atoms with Crippen LogP contribution in [0.15, 0.2) is 42.9 Å². The second kappa shape index (κ2) is 5.08. The van der Waals surface area contributed by atoms with Crippen LogP contribution in [0.5, 0.6) is 0 Å². The minimum absolute atomic E-state index is 0.142. The smallest absolute Gasteiger partial charge is 0.251 e. The van der Waals surface area contributed by atoms with Gasteiger partial charge in [-0.05, 0) is 30.7 Å². The molecule has 1 amide bonds. The molecule has 100 valence electrons. The standard InChI is InChI=1S/C14H13N5O/c1-10-17-18-13-7-12(4-6-19(10)13)14(20)16-9-11-3-2-5-15-8-11/h2-8H,9H2,1H3,(H,16,20). The molecule has 0 saturated heterocycles. The molecule has 0 atom stereocenters. The molecule has 0 aliphatic rings. The van der Waals surface area contributed by atoms with Gasteiger partial charge in [0.25, 0.3) is 5.91 Å². The van der Waals surface area contributed by atoms with Gasteiger partial charge in [0, 0.05) is 30.7 Å². The zero-order chi connectivity index (χ0) is 13.9. The first kappa shape index (κ1) is 12.3. The van der Waals surface area contributed by atoms with E-state index in [1.165, 1.54) is 0 Å². The van der Waals surface area contributed by atoms with Gasteiger partial charge in [0.15, 0.2) is 5.65 Å². The summed E-state index contributed by atoms with van der Waals surface area (Å²) >= 11 is 0. The van der Waals surface area contributed by atoms with Crippen LogP contribution in [0.4, 0.5) is 0 Å². The fourth-order valence-electron chi connectivity index (χ4n) is 1.94. The Morgan fingerprint density at radius 2 is 2.25 bits per heavy atom. The van der Waals surface area contributed by atoms with E-state index in [-0.39, 0.29) is 5.91 Å². The number of aromatic nitrogens is 4. The van der Waals surface area contributed by atoms with Crippen molar-refractivity contribution in [3.63, 3.8) is 0 Å². The molecule has 3 aromatic rings. The van der Waals surface area contributed by atoms with Gasteiger partial charge >= 0.3 is 0 Å². The third-order valence-electron chi connectivity index (χ3n) is 3.02. The summed E-state index contributed by atoms with van der Waals surface area (Å²) < 4.78 is 1.83. The molecular weight excluding hydrogens is 254 g/mol. The van der Waals surface area contributed by atoms with Crippen molar-refractivity contribution in [3.05, 3.63) is 59.8 Å². The van der Waals surface area contributed by atoms with Crippen LogP contribution in [-0.4, -0.2) is 25.5 Å². The van der Waals surface area contributed by atoms with Crippen LogP contribution >= 0.6 is 0 Å². The molecule has 0 aliphatic carbocycles. The van der Waals surface area contributed by atoms with E-state index in [0.717, 1.165) is 11.4 Å². The highest BCUT2D eigenvalue weighted by molar-refractivity contribution is 5.94. The van der Waals surface area contributed by atoms with Gasteiger partial charge in [0.1, 0.15) is 5.82 Å². The summed E-state index contributed by atoms with van der Waals surface area (Å²) in [5.74, 6) is 0.652. The lowest BCUT2D eigenvalue weighted by Gasteiger charge is -2.05. The number of hydrogen-bond acceptors (Lipinski definition) is 4. The van der Waals surface area contributed by atoms with Crippen LogP contribution in [0, 0.1) is 6.92 Å². The van der Waals surface area contributed by atoms with Crippen LogP contribution < -0.4 is 5.32 Å². The molecule has 0 unspecified atom stereocenters. The predicted molar refractivity (Wildman–Crippen MR) is 73.1 cm³/mol. The molecule has 0 radical (unpaired) electrons. The first-order chi connectivity index (χ1) is 9.74. The van der Waals surface area contributed by atoms with Crippen molar-refractivity contribution in [1.82, 2.24) is 24.9 Å². The summed E-state index contributed by atoms with van der Waals surface area (Å²) in [4.78, 5) is 16.1. The fourth-order valence-corrected chi connectivity index (χ4v) is 1.94. The maximum atomic E-state index is 12.1. The topological polar surface area (TPSA) is 72.2 Å². The lowest BCUT2D eigenvalue weighted by atomic mass is 10.2. The molecule has 3 rings (SSSR count). The molecule has 0 aliphatic heterocycles. The van der Waals surface area contributed by atoms with Crippen molar-refractivity contribution >= 4 is 11.6 Å². The Morgan fingerprint density at radius 1 is 1.35 bits per heavy atom. The maximum Gasteiger partial charge on any atom is 0.251 e. The highest BCUT2D eigenvalue weighted by atomic mass is 16.1. The molecule has 6 nitrogen and oxygen atoms in total. The van der Waals surface area contributed by atoms with Crippen LogP contribution in [0.3, 0.4) is 0 Å². The number of carbonyl (C=O) groups excluding carboxylic acids is 1. The number of amides is 1. The van der Waals surface area contributed by atoms with Crippen molar-refractivity contribution in [1.29, 1.82) is 0 Å². The Bertz CT molecular complexity index is 751. The summed E-state index contributed by atoms with van der Waals surface area (Å²) in [5, 5.41) is 10.8. The quantitative estimate of drug-likeness (QED) is 0.777. The maximum absolute atomic E-state index is 12.1. The van der Waals surface area contributed by atoms with Gasteiger partial charge in [0.2, 0.25) is 0 Å². The summed E-state index contributed by atoms with van der Waals surface area (Å²) in [5.41, 5.74) is 2.19. The molecule has 20 heavy (non-hydrogen) atoms. The SMILES string of the molecule is Cc1nnc2cc(C(=O)NCc3cccnc3)ccn12. The second-order valence-electron chi connectivity index (χ2n) is 4.43. The normalized spacial score (nSPS) is 10.7. The van der Waals surface area contributed by atoms with Gasteiger partial charge in [-0.1, -0.05) is 6.07 Å². The van der Waals surface area contributed by atoms with E-state index in [0.29, 0.717) is 17.8 Å². The van der Waals surface area contributed by atoms with E-state index >= 15 is 0 Å². The Balaban J connectivity index is 1.75. The first-order valence-corrected chi connectivity index (χ1v) is 6.22. The highest BCUT2D eigenvalue weighted by Gasteiger charge is 2.08. The number of aryl methyl sites for hydroxylation is 1. The number of rotatable bonds is 3. The zero-order valence-electron chi connectivity index (χ0n) is 10.9. The summed E-state index contributed by atoms with van der Waals surface area (Å²) in [6.07, 6.45) is 5.22. The average molecular weight is 267 g/mol. The van der Waals surface area contributed by atoms with Crippen molar-refractivity contribution in [2.24, 2.45) is 0 Å². The highest BCUT2D eigenvalue weighted by Crippen LogP contribution is 2.07. The van der Waals surface area contributed by atoms with Crippen molar-refractivity contribution in [2.45, 2.75) is 13.5 Å². The Morgan fingerprint density at radius 3 is 3.05 bits per heavy atom. The van der Waals surface area contributed by atoms with Crippen LogP contribution in [0.25, 0.3) is 5.65 Å². The van der Waals surface area contributed by atoms with E-state index in [1.807, 2.05) is 23.5 Å². The fraction of sp³-hybridized carbons (Fsp3) is 0.143. The molecular formula is C14H13N5O. The van der Waals surface area contributed by atoms with Crippen LogP contribution in [0.1, 0.15) is 21.7 Å². The minimum Gasteiger partial charge on any atom is -0.348 e. The number of carbonyl (C=O) groups is 1. The van der Waals surface area contributed by atoms with E-state index in [1.54, 1.807) is 30.7 Å². The lowest BCUT2D eigenvalue weighted by Crippen LogP contribution is -2.22. The number of fused-ring (bicyclic) bond motifs is 1. The van der Waals surface area contributed by atoms with Crippen LogP contribution in [-0.2, 0) is 6.54 Å². The average Bonchev–Trinajstić information content (AvgIpc) is 2.87. The molecule has 0 saturated carbocycles. The first-order valence-electron chi connectivity index (χ1n) is 6.22. The molecule has 1 N–H and O–H groups in total. The van der Waals surface area contributed by atoms with Crippen molar-refractivity contribution in [2.75, 3.05) is 0 Å². The van der Waals surface area contributed by atoms with Gasteiger partial charge in [-0.2, -0.15) is 0 Å². The Hall–Kier alpha value is -2.76. The number of hydrogen-bond donors (Lipinski definition) is 1. The molecule has 0 spiro atoms. The Kier molecular flexibility index (Phi) is 3.12. The summed E-state index contributed by atoms with van der Waals surface area (Å²) in [7, 11) is 0. The minimum atomic E-state index is -0.142. The molecule has 6 heteroatoms. The third-order valence-corrected chi connectivity index (χ3v) is 3.02. The lowest BCUT2D eigenvalue weighted by molar-refractivity contribution is 0.0951. The van der Waals surface area contributed by atoms with Gasteiger partial charge in [-0.3, -0.25) is 14.2 Å². The molecule has 3 aromatic heterocycles. The molecule has 3 heterocycles. The van der Waals surface area contributed by atoms with Gasteiger partial charge in [-0.25, -0.2) is 0 Å². The van der Waals surface area contributed by atoms with E-state index in [4.69, 9.17) is 0 Å². The molecule has 0 aromatic carbocycles.